The van der Waals surface area contributed by atoms with Gasteiger partial charge in [-0.1, -0.05) is 43.9 Å². The maximum atomic E-state index is 12.3. The van der Waals surface area contributed by atoms with E-state index in [1.807, 2.05) is 39.0 Å². The minimum Gasteiger partial charge on any atom is -0.480 e. The molecule has 1 saturated carbocycles. The van der Waals surface area contributed by atoms with Gasteiger partial charge in [0, 0.05) is 6.04 Å². The molecular formula is C18H27NO2. The minimum atomic E-state index is -0.451. The van der Waals surface area contributed by atoms with Gasteiger partial charge in [-0.25, -0.2) is 0 Å². The molecule has 0 heterocycles. The molecule has 0 aliphatic heterocycles. The second kappa shape index (κ2) is 7.48. The summed E-state index contributed by atoms with van der Waals surface area (Å²) in [5, 5.41) is 3.15. The van der Waals surface area contributed by atoms with Crippen molar-refractivity contribution in [3.63, 3.8) is 0 Å². The Morgan fingerprint density at radius 1 is 1.14 bits per heavy atom. The zero-order valence-corrected chi connectivity index (χ0v) is 13.4. The number of benzene rings is 1. The monoisotopic (exact) mass is 289 g/mol. The molecule has 1 unspecified atom stereocenters. The molecule has 1 aliphatic carbocycles. The largest absolute Gasteiger partial charge is 0.480 e. The van der Waals surface area contributed by atoms with E-state index in [2.05, 4.69) is 5.32 Å². The molecule has 116 valence electrons. The van der Waals surface area contributed by atoms with Crippen molar-refractivity contribution in [3.05, 3.63) is 29.3 Å². The van der Waals surface area contributed by atoms with Gasteiger partial charge in [-0.3, -0.25) is 4.79 Å². The molecule has 21 heavy (non-hydrogen) atoms. The van der Waals surface area contributed by atoms with E-state index >= 15 is 0 Å². The van der Waals surface area contributed by atoms with Crippen LogP contribution in [-0.2, 0) is 4.79 Å². The Morgan fingerprint density at radius 3 is 2.29 bits per heavy atom. The summed E-state index contributed by atoms with van der Waals surface area (Å²) in [6.45, 7) is 5.86. The number of hydrogen-bond donors (Lipinski definition) is 1. The summed E-state index contributed by atoms with van der Waals surface area (Å²) in [5.74, 6) is 0.838. The van der Waals surface area contributed by atoms with E-state index in [1.54, 1.807) is 0 Å². The van der Waals surface area contributed by atoms with Gasteiger partial charge in [-0.2, -0.15) is 0 Å². The molecule has 0 aromatic heterocycles. The lowest BCUT2D eigenvalue weighted by atomic mass is 10.1. The van der Waals surface area contributed by atoms with Crippen LogP contribution >= 0.6 is 0 Å². The third-order valence-corrected chi connectivity index (χ3v) is 4.27. The van der Waals surface area contributed by atoms with Gasteiger partial charge < -0.3 is 10.1 Å². The van der Waals surface area contributed by atoms with Gasteiger partial charge in [-0.05, 0) is 44.7 Å². The van der Waals surface area contributed by atoms with Crippen molar-refractivity contribution in [2.75, 3.05) is 0 Å². The van der Waals surface area contributed by atoms with Crippen LogP contribution in [0.4, 0.5) is 0 Å². The standard InChI is InChI=1S/C18H27NO2/c1-13-9-8-10-14(2)17(13)21-15(3)18(20)19-16-11-6-4-5-7-12-16/h8-10,15-16H,4-7,11-12H2,1-3H3,(H,19,20). The Balaban J connectivity index is 1.93. The van der Waals surface area contributed by atoms with Crippen molar-refractivity contribution in [2.24, 2.45) is 0 Å². The number of nitrogens with one attached hydrogen (secondary N) is 1. The lowest BCUT2D eigenvalue weighted by Crippen LogP contribution is -2.42. The Hall–Kier alpha value is -1.51. The highest BCUT2D eigenvalue weighted by molar-refractivity contribution is 5.81. The first-order valence-corrected chi connectivity index (χ1v) is 8.11. The van der Waals surface area contributed by atoms with Crippen molar-refractivity contribution in [3.8, 4) is 5.75 Å². The first-order chi connectivity index (χ1) is 10.1. The highest BCUT2D eigenvalue weighted by Gasteiger charge is 2.21. The van der Waals surface area contributed by atoms with Gasteiger partial charge in [0.05, 0.1) is 0 Å². The molecule has 0 radical (unpaired) electrons. The van der Waals surface area contributed by atoms with Crippen molar-refractivity contribution < 1.29 is 9.53 Å². The van der Waals surface area contributed by atoms with Crippen LogP contribution in [0.3, 0.4) is 0 Å². The van der Waals surface area contributed by atoms with Crippen LogP contribution in [0.25, 0.3) is 0 Å². The van der Waals surface area contributed by atoms with Crippen molar-refractivity contribution in [2.45, 2.75) is 71.4 Å². The third-order valence-electron chi connectivity index (χ3n) is 4.27. The van der Waals surface area contributed by atoms with E-state index in [0.29, 0.717) is 6.04 Å². The Bertz CT molecular complexity index is 456. The SMILES string of the molecule is Cc1cccc(C)c1OC(C)C(=O)NC1CCCCCC1. The quantitative estimate of drug-likeness (QED) is 0.853. The molecule has 1 fully saturated rings. The van der Waals surface area contributed by atoms with Crippen LogP contribution in [-0.4, -0.2) is 18.1 Å². The highest BCUT2D eigenvalue weighted by atomic mass is 16.5. The number of para-hydroxylation sites is 1. The fourth-order valence-electron chi connectivity index (χ4n) is 2.96. The maximum absolute atomic E-state index is 12.3. The molecule has 0 saturated heterocycles. The van der Waals surface area contributed by atoms with Gasteiger partial charge in [0.25, 0.3) is 5.91 Å². The smallest absolute Gasteiger partial charge is 0.260 e. The van der Waals surface area contributed by atoms with Gasteiger partial charge in [0.2, 0.25) is 0 Å². The van der Waals surface area contributed by atoms with E-state index in [4.69, 9.17) is 4.74 Å². The number of amides is 1. The van der Waals surface area contributed by atoms with Gasteiger partial charge in [-0.15, -0.1) is 0 Å². The summed E-state index contributed by atoms with van der Waals surface area (Å²) in [6.07, 6.45) is 6.77. The predicted molar refractivity (Wildman–Crippen MR) is 85.6 cm³/mol. The molecule has 1 N–H and O–H groups in total. The molecule has 1 aliphatic rings. The summed E-state index contributed by atoms with van der Waals surface area (Å²) in [7, 11) is 0. The number of ether oxygens (including phenoxy) is 1. The Morgan fingerprint density at radius 2 is 1.71 bits per heavy atom. The van der Waals surface area contributed by atoms with E-state index < -0.39 is 6.10 Å². The Labute approximate surface area is 128 Å². The summed E-state index contributed by atoms with van der Waals surface area (Å²) < 4.78 is 5.90. The summed E-state index contributed by atoms with van der Waals surface area (Å²) in [6, 6.07) is 6.36. The van der Waals surface area contributed by atoms with Crippen LogP contribution in [0.2, 0.25) is 0 Å². The number of carbonyl (C=O) groups is 1. The predicted octanol–water partition coefficient (Wildman–Crippen LogP) is 3.91. The molecule has 2 rings (SSSR count). The fraction of sp³-hybridized carbons (Fsp3) is 0.611. The van der Waals surface area contributed by atoms with E-state index in [9.17, 15) is 4.79 Å². The average molecular weight is 289 g/mol. The van der Waals surface area contributed by atoms with Crippen molar-refractivity contribution >= 4 is 5.91 Å². The molecule has 1 aromatic rings. The third kappa shape index (κ3) is 4.48. The van der Waals surface area contributed by atoms with Gasteiger partial charge in [0.15, 0.2) is 6.10 Å². The van der Waals surface area contributed by atoms with E-state index in [1.165, 1.54) is 25.7 Å². The van der Waals surface area contributed by atoms with Gasteiger partial charge in [0.1, 0.15) is 5.75 Å². The summed E-state index contributed by atoms with van der Waals surface area (Å²) in [5.41, 5.74) is 2.15. The molecule has 3 nitrogen and oxygen atoms in total. The van der Waals surface area contributed by atoms with Crippen LogP contribution in [0.15, 0.2) is 18.2 Å². The van der Waals surface area contributed by atoms with Crippen molar-refractivity contribution in [1.29, 1.82) is 0 Å². The van der Waals surface area contributed by atoms with E-state index in [-0.39, 0.29) is 5.91 Å². The average Bonchev–Trinajstić information content (AvgIpc) is 2.71. The number of aryl methyl sites for hydroxylation is 2. The lowest BCUT2D eigenvalue weighted by molar-refractivity contribution is -0.128. The van der Waals surface area contributed by atoms with E-state index in [0.717, 1.165) is 29.7 Å². The first-order valence-electron chi connectivity index (χ1n) is 8.11. The molecule has 0 bridgehead atoms. The number of hydrogen-bond acceptors (Lipinski definition) is 2. The topological polar surface area (TPSA) is 38.3 Å². The molecular weight excluding hydrogens is 262 g/mol. The summed E-state index contributed by atoms with van der Waals surface area (Å²) in [4.78, 5) is 12.3. The minimum absolute atomic E-state index is 0.00422. The zero-order valence-electron chi connectivity index (χ0n) is 13.4. The van der Waals surface area contributed by atoms with Crippen LogP contribution in [0.5, 0.6) is 5.75 Å². The number of rotatable bonds is 4. The summed E-state index contributed by atoms with van der Waals surface area (Å²) >= 11 is 0. The Kier molecular flexibility index (Phi) is 5.66. The van der Waals surface area contributed by atoms with Crippen LogP contribution in [0.1, 0.15) is 56.6 Å². The first kappa shape index (κ1) is 15.9. The van der Waals surface area contributed by atoms with Crippen LogP contribution in [0, 0.1) is 13.8 Å². The molecule has 1 amide bonds. The zero-order chi connectivity index (χ0) is 15.2. The lowest BCUT2D eigenvalue weighted by Gasteiger charge is -2.21. The highest BCUT2D eigenvalue weighted by Crippen LogP contribution is 2.24. The molecule has 3 heteroatoms. The van der Waals surface area contributed by atoms with Crippen molar-refractivity contribution in [1.82, 2.24) is 5.32 Å². The molecule has 1 atom stereocenters. The van der Waals surface area contributed by atoms with Gasteiger partial charge >= 0.3 is 0 Å². The second-order valence-electron chi connectivity index (χ2n) is 6.18. The number of carbonyl (C=O) groups excluding carboxylic acids is 1. The fourth-order valence-corrected chi connectivity index (χ4v) is 2.96. The maximum Gasteiger partial charge on any atom is 0.260 e. The second-order valence-corrected chi connectivity index (χ2v) is 6.18. The molecule has 1 aromatic carbocycles. The van der Waals surface area contributed by atoms with Crippen LogP contribution < -0.4 is 10.1 Å². The molecule has 0 spiro atoms. The normalized spacial score (nSPS) is 17.9.